The number of hydrogen-bond donors (Lipinski definition) is 1. The summed E-state index contributed by atoms with van der Waals surface area (Å²) in [4.78, 5) is 4.41. The van der Waals surface area contributed by atoms with Crippen molar-refractivity contribution < 1.29 is 4.74 Å². The second-order valence-electron chi connectivity index (χ2n) is 4.36. The van der Waals surface area contributed by atoms with Crippen molar-refractivity contribution in [2.75, 3.05) is 6.61 Å². The summed E-state index contributed by atoms with van der Waals surface area (Å²) in [7, 11) is 0. The Bertz CT molecular complexity index is 502. The highest BCUT2D eigenvalue weighted by molar-refractivity contribution is 7.09. The van der Waals surface area contributed by atoms with Crippen LogP contribution in [0.1, 0.15) is 21.8 Å². The highest BCUT2D eigenvalue weighted by Crippen LogP contribution is 2.17. The lowest BCUT2D eigenvalue weighted by atomic mass is 10.1. The molecule has 0 saturated heterocycles. The summed E-state index contributed by atoms with van der Waals surface area (Å²) in [6.45, 7) is 5.32. The quantitative estimate of drug-likeness (QED) is 0.901. The lowest BCUT2D eigenvalue weighted by Crippen LogP contribution is -2.02. The first-order chi connectivity index (χ1) is 8.67. The Morgan fingerprint density at radius 3 is 2.56 bits per heavy atom. The number of hydrogen-bond acceptors (Lipinski definition) is 4. The number of aromatic nitrogens is 1. The van der Waals surface area contributed by atoms with E-state index in [0.29, 0.717) is 13.2 Å². The molecule has 2 aromatic rings. The van der Waals surface area contributed by atoms with Crippen molar-refractivity contribution >= 4 is 11.3 Å². The lowest BCUT2D eigenvalue weighted by Gasteiger charge is -2.07. The van der Waals surface area contributed by atoms with Crippen molar-refractivity contribution in [1.82, 2.24) is 4.98 Å². The van der Waals surface area contributed by atoms with Crippen LogP contribution in [0.3, 0.4) is 0 Å². The fourth-order valence-corrected chi connectivity index (χ4v) is 2.62. The van der Waals surface area contributed by atoms with Crippen LogP contribution in [0.4, 0.5) is 0 Å². The monoisotopic (exact) mass is 262 g/mol. The molecule has 3 nitrogen and oxygen atoms in total. The van der Waals surface area contributed by atoms with E-state index in [2.05, 4.69) is 37.0 Å². The van der Waals surface area contributed by atoms with Crippen LogP contribution in [-0.4, -0.2) is 11.6 Å². The molecule has 0 aliphatic heterocycles. The van der Waals surface area contributed by atoms with E-state index < -0.39 is 0 Å². The Kier molecular flexibility index (Phi) is 4.33. The maximum Gasteiger partial charge on any atom is 0.119 e. The molecule has 2 N–H and O–H groups in total. The van der Waals surface area contributed by atoms with Crippen LogP contribution in [0, 0.1) is 13.8 Å². The predicted octanol–water partition coefficient (Wildman–Crippen LogP) is 2.84. The summed E-state index contributed by atoms with van der Waals surface area (Å²) in [5, 5.41) is 3.09. The van der Waals surface area contributed by atoms with Crippen LogP contribution in [-0.2, 0) is 13.0 Å². The zero-order valence-corrected chi connectivity index (χ0v) is 11.6. The van der Waals surface area contributed by atoms with E-state index in [4.69, 9.17) is 10.5 Å². The second kappa shape index (κ2) is 5.98. The number of rotatable bonds is 5. The zero-order chi connectivity index (χ0) is 13.0. The molecule has 0 atom stereocenters. The van der Waals surface area contributed by atoms with Gasteiger partial charge < -0.3 is 10.5 Å². The summed E-state index contributed by atoms with van der Waals surface area (Å²) in [6.07, 6.45) is 0.831. The van der Waals surface area contributed by atoms with Gasteiger partial charge in [0.15, 0.2) is 0 Å². The van der Waals surface area contributed by atoms with E-state index in [9.17, 15) is 0 Å². The Morgan fingerprint density at radius 2 is 1.94 bits per heavy atom. The lowest BCUT2D eigenvalue weighted by molar-refractivity contribution is 0.321. The maximum absolute atomic E-state index is 5.75. The van der Waals surface area contributed by atoms with Gasteiger partial charge in [-0.2, -0.15) is 0 Å². The average Bonchev–Trinajstić information content (AvgIpc) is 2.76. The molecule has 0 amide bonds. The van der Waals surface area contributed by atoms with Gasteiger partial charge in [0.2, 0.25) is 0 Å². The van der Waals surface area contributed by atoms with E-state index in [-0.39, 0.29) is 0 Å². The Balaban J connectivity index is 1.88. The predicted molar refractivity (Wildman–Crippen MR) is 75.1 cm³/mol. The van der Waals surface area contributed by atoms with Gasteiger partial charge in [0, 0.05) is 18.3 Å². The highest BCUT2D eigenvalue weighted by Gasteiger charge is 2.02. The standard InChI is InChI=1S/C14H18N2OS/c1-10-5-11(2)7-13(6-10)17-4-3-14-16-12(8-15)9-18-14/h5-7,9H,3-4,8,15H2,1-2H3. The molecular weight excluding hydrogens is 244 g/mol. The molecule has 0 aliphatic rings. The molecule has 18 heavy (non-hydrogen) atoms. The number of nitrogens with zero attached hydrogens (tertiary/aromatic N) is 1. The highest BCUT2D eigenvalue weighted by atomic mass is 32.1. The van der Waals surface area contributed by atoms with E-state index in [0.717, 1.165) is 22.9 Å². The Labute approximate surface area is 112 Å². The molecule has 0 aliphatic carbocycles. The van der Waals surface area contributed by atoms with Crippen molar-refractivity contribution in [1.29, 1.82) is 0 Å². The summed E-state index contributed by atoms with van der Waals surface area (Å²) in [5.41, 5.74) is 8.94. The van der Waals surface area contributed by atoms with Crippen molar-refractivity contribution in [3.8, 4) is 5.75 Å². The number of thiazole rings is 1. The SMILES string of the molecule is Cc1cc(C)cc(OCCc2nc(CN)cs2)c1. The third-order valence-electron chi connectivity index (χ3n) is 2.59. The molecule has 0 fully saturated rings. The summed E-state index contributed by atoms with van der Waals surface area (Å²) < 4.78 is 5.75. The number of benzene rings is 1. The molecular formula is C14H18N2OS. The van der Waals surface area contributed by atoms with Crippen LogP contribution in [0.25, 0.3) is 0 Å². The van der Waals surface area contributed by atoms with Crippen molar-refractivity contribution in [2.45, 2.75) is 26.8 Å². The van der Waals surface area contributed by atoms with E-state index in [1.807, 2.05) is 5.38 Å². The minimum Gasteiger partial charge on any atom is -0.493 e. The first-order valence-electron chi connectivity index (χ1n) is 6.02. The molecule has 0 bridgehead atoms. The van der Waals surface area contributed by atoms with E-state index >= 15 is 0 Å². The van der Waals surface area contributed by atoms with Gasteiger partial charge in [0.25, 0.3) is 0 Å². The number of aryl methyl sites for hydroxylation is 2. The van der Waals surface area contributed by atoms with Crippen LogP contribution in [0.15, 0.2) is 23.6 Å². The molecule has 1 heterocycles. The van der Waals surface area contributed by atoms with Crippen LogP contribution in [0.5, 0.6) is 5.75 Å². The van der Waals surface area contributed by atoms with Crippen LogP contribution >= 0.6 is 11.3 Å². The molecule has 2 rings (SSSR count). The Morgan fingerprint density at radius 1 is 1.22 bits per heavy atom. The summed E-state index contributed by atoms with van der Waals surface area (Å²) in [6, 6.07) is 6.25. The zero-order valence-electron chi connectivity index (χ0n) is 10.8. The first-order valence-corrected chi connectivity index (χ1v) is 6.90. The molecule has 96 valence electrons. The maximum atomic E-state index is 5.75. The van der Waals surface area contributed by atoms with E-state index in [1.54, 1.807) is 11.3 Å². The van der Waals surface area contributed by atoms with Crippen LogP contribution < -0.4 is 10.5 Å². The third kappa shape index (κ3) is 3.55. The van der Waals surface area contributed by atoms with Gasteiger partial charge in [-0.15, -0.1) is 11.3 Å². The van der Waals surface area contributed by atoms with Gasteiger partial charge in [0.1, 0.15) is 5.75 Å². The molecule has 1 aromatic carbocycles. The van der Waals surface area contributed by atoms with Gasteiger partial charge in [-0.3, -0.25) is 0 Å². The van der Waals surface area contributed by atoms with Gasteiger partial charge in [0.05, 0.1) is 17.3 Å². The average molecular weight is 262 g/mol. The van der Waals surface area contributed by atoms with E-state index in [1.165, 1.54) is 11.1 Å². The van der Waals surface area contributed by atoms with Gasteiger partial charge in [-0.05, 0) is 37.1 Å². The normalized spacial score (nSPS) is 10.6. The largest absolute Gasteiger partial charge is 0.493 e. The molecule has 0 unspecified atom stereocenters. The van der Waals surface area contributed by atoms with Crippen LogP contribution in [0.2, 0.25) is 0 Å². The van der Waals surface area contributed by atoms with Gasteiger partial charge >= 0.3 is 0 Å². The first kappa shape index (κ1) is 13.1. The Hall–Kier alpha value is -1.39. The number of nitrogens with two attached hydrogens (primary N) is 1. The minimum atomic E-state index is 0.508. The van der Waals surface area contributed by atoms with Crippen molar-refractivity contribution in [2.24, 2.45) is 5.73 Å². The molecule has 1 aromatic heterocycles. The molecule has 4 heteroatoms. The summed E-state index contributed by atoms with van der Waals surface area (Å²) >= 11 is 1.64. The van der Waals surface area contributed by atoms with Gasteiger partial charge in [-0.1, -0.05) is 6.07 Å². The minimum absolute atomic E-state index is 0.508. The van der Waals surface area contributed by atoms with Gasteiger partial charge in [-0.25, -0.2) is 4.98 Å². The third-order valence-corrected chi connectivity index (χ3v) is 3.55. The fourth-order valence-electron chi connectivity index (χ4n) is 1.83. The smallest absolute Gasteiger partial charge is 0.119 e. The second-order valence-corrected chi connectivity index (χ2v) is 5.30. The molecule has 0 saturated carbocycles. The fraction of sp³-hybridized carbons (Fsp3) is 0.357. The molecule has 0 spiro atoms. The topological polar surface area (TPSA) is 48.1 Å². The summed E-state index contributed by atoms with van der Waals surface area (Å²) in [5.74, 6) is 0.933. The van der Waals surface area contributed by atoms with Crippen molar-refractivity contribution in [3.63, 3.8) is 0 Å². The van der Waals surface area contributed by atoms with Crippen molar-refractivity contribution in [3.05, 3.63) is 45.4 Å². The number of ether oxygens (including phenoxy) is 1. The molecule has 0 radical (unpaired) electrons.